The lowest BCUT2D eigenvalue weighted by Crippen LogP contribution is -2.59. The number of nitrogens with one attached hydrogen (secondary N) is 2. The molecule has 0 radical (unpaired) electrons. The van der Waals surface area contributed by atoms with Gasteiger partial charge in [0.2, 0.25) is 5.91 Å². The summed E-state index contributed by atoms with van der Waals surface area (Å²) >= 11 is 0. The lowest BCUT2D eigenvalue weighted by Gasteiger charge is -2.34. The van der Waals surface area contributed by atoms with Crippen molar-refractivity contribution in [2.24, 2.45) is 0 Å². The van der Waals surface area contributed by atoms with Gasteiger partial charge in [0.05, 0.1) is 29.1 Å². The molecular weight excluding hydrogens is 616 g/mol. The molecule has 1 aliphatic heterocycles. The minimum Gasteiger partial charge on any atom is -0.435 e. The van der Waals surface area contributed by atoms with Crippen molar-refractivity contribution in [3.8, 4) is 11.8 Å². The van der Waals surface area contributed by atoms with Crippen LogP contribution in [0, 0.1) is 17.1 Å². The number of hydrogen-bond donors (Lipinski definition) is 2. The van der Waals surface area contributed by atoms with E-state index in [9.17, 15) is 53.2 Å². The molecule has 2 aromatic carbocycles. The number of rotatable bonds is 11. The number of nitrogens with zero attached hydrogens (tertiary/aromatic N) is 1. The number of benzene rings is 2. The van der Waals surface area contributed by atoms with Gasteiger partial charge < -0.3 is 10.1 Å². The standard InChI is InChI=1S/C25H25F6N3O6S2/c26-18-7-5-16(6-8-18)21(25(29,30)31)33-19(22(35)34-24(15-32)9-11-41(36,37)12-10-24)14-42(38,39)13-17-3-1-2-4-20(17)40-23(27)28/h1-8,19,21,23,33H,9-14H2,(H,34,35)/t19-,21-/m0/s1. The van der Waals surface area contributed by atoms with Crippen LogP contribution in [-0.4, -0.2) is 64.4 Å². The normalized spacial score (nSPS) is 18.0. The number of carbonyl (C=O) groups is 1. The van der Waals surface area contributed by atoms with Crippen LogP contribution in [0.2, 0.25) is 0 Å². The maximum atomic E-state index is 14.1. The molecule has 0 saturated carbocycles. The summed E-state index contributed by atoms with van der Waals surface area (Å²) in [6.45, 7) is -3.31. The van der Waals surface area contributed by atoms with Crippen molar-refractivity contribution < 1.29 is 52.7 Å². The Hall–Kier alpha value is -3.36. The maximum Gasteiger partial charge on any atom is 0.407 e. The zero-order chi connectivity index (χ0) is 31.3. The Labute approximate surface area is 237 Å². The molecule has 42 heavy (non-hydrogen) atoms. The van der Waals surface area contributed by atoms with Crippen molar-refractivity contribution >= 4 is 25.6 Å². The van der Waals surface area contributed by atoms with Crippen molar-refractivity contribution in [2.75, 3.05) is 17.3 Å². The van der Waals surface area contributed by atoms with Gasteiger partial charge in [-0.25, -0.2) is 21.2 Å². The summed E-state index contributed by atoms with van der Waals surface area (Å²) in [5.74, 6) is -6.02. The fourth-order valence-corrected chi connectivity index (χ4v) is 7.40. The first-order chi connectivity index (χ1) is 19.4. The van der Waals surface area contributed by atoms with Gasteiger partial charge >= 0.3 is 12.8 Å². The summed E-state index contributed by atoms with van der Waals surface area (Å²) < 4.78 is 136. The first-order valence-electron chi connectivity index (χ1n) is 12.2. The molecule has 1 saturated heterocycles. The Morgan fingerprint density at radius 3 is 2.21 bits per heavy atom. The molecule has 9 nitrogen and oxygen atoms in total. The Morgan fingerprint density at radius 2 is 1.67 bits per heavy atom. The van der Waals surface area contributed by atoms with Gasteiger partial charge in [0.25, 0.3) is 0 Å². The van der Waals surface area contributed by atoms with Crippen LogP contribution in [0.5, 0.6) is 5.75 Å². The first-order valence-corrected chi connectivity index (χ1v) is 15.8. The number of halogens is 6. The van der Waals surface area contributed by atoms with E-state index in [0.717, 1.165) is 36.4 Å². The van der Waals surface area contributed by atoms with Crippen LogP contribution in [0.3, 0.4) is 0 Å². The highest BCUT2D eigenvalue weighted by molar-refractivity contribution is 7.91. The van der Waals surface area contributed by atoms with Crippen molar-refractivity contribution in [2.45, 2.75) is 49.0 Å². The van der Waals surface area contributed by atoms with Crippen LogP contribution in [0.25, 0.3) is 0 Å². The average Bonchev–Trinajstić information content (AvgIpc) is 2.88. The van der Waals surface area contributed by atoms with Crippen LogP contribution in [0.1, 0.15) is 30.0 Å². The topological polar surface area (TPSA) is 142 Å². The minimum absolute atomic E-state index is 0.256. The van der Waals surface area contributed by atoms with Crippen molar-refractivity contribution in [1.82, 2.24) is 10.6 Å². The summed E-state index contributed by atoms with van der Waals surface area (Å²) in [5.41, 5.74) is -2.63. The van der Waals surface area contributed by atoms with Crippen LogP contribution in [-0.2, 0) is 30.2 Å². The van der Waals surface area contributed by atoms with E-state index in [1.807, 2.05) is 5.32 Å². The fourth-order valence-electron chi connectivity index (χ4n) is 4.29. The highest BCUT2D eigenvalue weighted by Crippen LogP contribution is 2.34. The Morgan fingerprint density at radius 1 is 1.07 bits per heavy atom. The van der Waals surface area contributed by atoms with Gasteiger partial charge in [-0.05, 0) is 36.6 Å². The molecule has 1 fully saturated rings. The Balaban J connectivity index is 1.97. The second kappa shape index (κ2) is 12.9. The SMILES string of the molecule is N#CC1(NC(=O)[C@H](CS(=O)(=O)Cc2ccccc2OC(F)F)N[C@@H](c2ccc(F)cc2)C(F)(F)F)CCS(=O)(=O)CC1. The third-order valence-electron chi connectivity index (χ3n) is 6.46. The molecule has 1 aliphatic rings. The van der Waals surface area contributed by atoms with Crippen molar-refractivity contribution in [1.29, 1.82) is 5.26 Å². The van der Waals surface area contributed by atoms with Gasteiger partial charge in [0.1, 0.15) is 29.2 Å². The lowest BCUT2D eigenvalue weighted by molar-refractivity contribution is -0.160. The van der Waals surface area contributed by atoms with E-state index in [4.69, 9.17) is 0 Å². The van der Waals surface area contributed by atoms with Crippen LogP contribution >= 0.6 is 0 Å². The predicted octanol–water partition coefficient (Wildman–Crippen LogP) is 3.19. The number of carbonyl (C=O) groups excluding carboxylic acids is 1. The van der Waals surface area contributed by atoms with Crippen LogP contribution in [0.4, 0.5) is 26.3 Å². The van der Waals surface area contributed by atoms with Crippen LogP contribution < -0.4 is 15.4 Å². The molecule has 0 bridgehead atoms. The summed E-state index contributed by atoms with van der Waals surface area (Å²) in [6, 6.07) is 4.73. The molecule has 1 amide bonds. The van der Waals surface area contributed by atoms with Gasteiger partial charge in [-0.15, -0.1) is 0 Å². The fraction of sp³-hybridized carbons (Fsp3) is 0.440. The zero-order valence-corrected chi connectivity index (χ0v) is 23.2. The average molecular weight is 642 g/mol. The van der Waals surface area contributed by atoms with E-state index >= 15 is 0 Å². The van der Waals surface area contributed by atoms with Crippen LogP contribution in [0.15, 0.2) is 48.5 Å². The first kappa shape index (κ1) is 33.1. The van der Waals surface area contributed by atoms with E-state index in [-0.39, 0.29) is 5.56 Å². The van der Waals surface area contributed by atoms with E-state index in [0.29, 0.717) is 0 Å². The molecule has 1 heterocycles. The molecular formula is C25H25F6N3O6S2. The molecule has 3 rings (SSSR count). The number of nitriles is 1. The van der Waals surface area contributed by atoms with E-state index in [1.54, 1.807) is 6.07 Å². The lowest BCUT2D eigenvalue weighted by atomic mass is 9.93. The number of amides is 1. The summed E-state index contributed by atoms with van der Waals surface area (Å²) in [4.78, 5) is 13.3. The summed E-state index contributed by atoms with van der Waals surface area (Å²) in [7, 11) is -8.09. The molecule has 0 spiro atoms. The molecule has 2 atom stereocenters. The second-order valence-electron chi connectivity index (χ2n) is 9.62. The largest absolute Gasteiger partial charge is 0.435 e. The third kappa shape index (κ3) is 9.07. The number of ether oxygens (including phenoxy) is 1. The summed E-state index contributed by atoms with van der Waals surface area (Å²) in [6.07, 6.45) is -5.91. The predicted molar refractivity (Wildman–Crippen MR) is 137 cm³/mol. The monoisotopic (exact) mass is 641 g/mol. The smallest absolute Gasteiger partial charge is 0.407 e. The highest BCUT2D eigenvalue weighted by atomic mass is 32.2. The molecule has 2 N–H and O–H groups in total. The number of hydrogen-bond acceptors (Lipinski definition) is 8. The quantitative estimate of drug-likeness (QED) is 0.357. The van der Waals surface area contributed by atoms with Gasteiger partial charge in [-0.3, -0.25) is 10.1 Å². The Kier molecular flexibility index (Phi) is 10.2. The van der Waals surface area contributed by atoms with Gasteiger partial charge in [-0.2, -0.15) is 27.2 Å². The van der Waals surface area contributed by atoms with Crippen molar-refractivity contribution in [3.63, 3.8) is 0 Å². The van der Waals surface area contributed by atoms with Crippen molar-refractivity contribution in [3.05, 3.63) is 65.5 Å². The zero-order valence-electron chi connectivity index (χ0n) is 21.6. The summed E-state index contributed by atoms with van der Waals surface area (Å²) in [5, 5.41) is 13.9. The minimum atomic E-state index is -5.12. The van der Waals surface area contributed by atoms with Gasteiger partial charge in [0, 0.05) is 5.56 Å². The maximum absolute atomic E-state index is 14.1. The molecule has 2 aromatic rings. The highest BCUT2D eigenvalue weighted by Gasteiger charge is 2.45. The number of alkyl halides is 5. The Bertz CT molecular complexity index is 1510. The van der Waals surface area contributed by atoms with E-state index < -0.39 is 109 Å². The van der Waals surface area contributed by atoms with Gasteiger partial charge in [0.15, 0.2) is 19.7 Å². The molecule has 0 unspecified atom stereocenters. The molecule has 0 aliphatic carbocycles. The van der Waals surface area contributed by atoms with E-state index in [1.165, 1.54) is 12.1 Å². The third-order valence-corrected chi connectivity index (χ3v) is 9.70. The molecule has 230 valence electrons. The second-order valence-corrected chi connectivity index (χ2v) is 14.0. The molecule has 0 aromatic heterocycles. The molecule has 17 heteroatoms. The number of sulfone groups is 2. The van der Waals surface area contributed by atoms with Gasteiger partial charge in [-0.1, -0.05) is 30.3 Å². The number of para-hydroxylation sites is 1. The van der Waals surface area contributed by atoms with E-state index in [2.05, 4.69) is 10.1 Å².